The maximum absolute atomic E-state index is 13.0. The lowest BCUT2D eigenvalue weighted by atomic mass is 9.86. The Kier molecular flexibility index (Phi) is 7.37. The Morgan fingerprint density at radius 1 is 1.12 bits per heavy atom. The number of nitrogens with zero attached hydrogens (tertiary/aromatic N) is 5. The van der Waals surface area contributed by atoms with E-state index in [2.05, 4.69) is 15.5 Å². The third-order valence-electron chi connectivity index (χ3n) is 6.58. The average Bonchev–Trinajstić information content (AvgIpc) is 3.29. The molecule has 1 aliphatic rings. The molecule has 1 aromatic carbocycles. The number of thioether (sulfide) groups is 1. The molecule has 3 aromatic rings. The van der Waals surface area contributed by atoms with Gasteiger partial charge in [0.05, 0.1) is 17.1 Å². The van der Waals surface area contributed by atoms with Crippen molar-refractivity contribution in [1.29, 1.82) is 0 Å². The maximum atomic E-state index is 13.0. The van der Waals surface area contributed by atoms with E-state index in [0.717, 1.165) is 35.4 Å². The Labute approximate surface area is 198 Å². The van der Waals surface area contributed by atoms with Crippen molar-refractivity contribution < 1.29 is 4.79 Å². The van der Waals surface area contributed by atoms with Crippen LogP contribution < -0.4 is 10.9 Å². The first kappa shape index (κ1) is 23.4. The first-order valence-electron chi connectivity index (χ1n) is 11.6. The highest BCUT2D eigenvalue weighted by Gasteiger charge is 2.19. The molecule has 0 atom stereocenters. The van der Waals surface area contributed by atoms with Gasteiger partial charge in [-0.25, -0.2) is 4.68 Å². The number of aryl methyl sites for hydroxylation is 1. The van der Waals surface area contributed by atoms with E-state index >= 15 is 0 Å². The van der Waals surface area contributed by atoms with Gasteiger partial charge in [0, 0.05) is 20.5 Å². The predicted molar refractivity (Wildman–Crippen MR) is 131 cm³/mol. The minimum absolute atomic E-state index is 0.160. The second-order valence-electron chi connectivity index (χ2n) is 8.77. The van der Waals surface area contributed by atoms with Gasteiger partial charge < -0.3 is 9.88 Å². The Hall–Kier alpha value is -2.81. The molecule has 1 aliphatic carbocycles. The zero-order valence-corrected chi connectivity index (χ0v) is 20.4. The number of benzene rings is 1. The fraction of sp³-hybridized carbons (Fsp3) is 0.500. The van der Waals surface area contributed by atoms with Gasteiger partial charge in [0.2, 0.25) is 5.91 Å². The second-order valence-corrected chi connectivity index (χ2v) is 9.72. The van der Waals surface area contributed by atoms with Crippen molar-refractivity contribution in [2.75, 3.05) is 11.1 Å². The van der Waals surface area contributed by atoms with Crippen LogP contribution in [0.2, 0.25) is 0 Å². The number of anilines is 1. The van der Waals surface area contributed by atoms with Crippen molar-refractivity contribution in [3.05, 3.63) is 52.2 Å². The van der Waals surface area contributed by atoms with Crippen LogP contribution in [0.1, 0.15) is 50.0 Å². The van der Waals surface area contributed by atoms with Crippen LogP contribution in [0.5, 0.6) is 0 Å². The largest absolute Gasteiger partial charge is 0.319 e. The first-order chi connectivity index (χ1) is 16.0. The number of amides is 1. The molecule has 1 saturated carbocycles. The van der Waals surface area contributed by atoms with Crippen LogP contribution in [0.25, 0.3) is 5.69 Å². The zero-order chi connectivity index (χ0) is 23.4. The summed E-state index contributed by atoms with van der Waals surface area (Å²) in [5.74, 6) is 1.69. The van der Waals surface area contributed by atoms with E-state index in [-0.39, 0.29) is 17.2 Å². The Morgan fingerprint density at radius 3 is 2.58 bits per heavy atom. The van der Waals surface area contributed by atoms with Gasteiger partial charge in [0.25, 0.3) is 5.56 Å². The monoisotopic (exact) mass is 468 g/mol. The van der Waals surface area contributed by atoms with E-state index in [1.807, 2.05) is 55.9 Å². The number of nitrogens with one attached hydrogen (secondary N) is 1. The molecular formula is C24H32N6O2S. The standard InChI is InChI=1S/C24H32N6O2S/c1-17-22(23(32)30(29(17)3)19-12-8-5-9-13-19)25-21(31)16-33-24-27-26-20(28(24)2)15-14-18-10-6-4-7-11-18/h5,8-9,12-13,18H,4,6-7,10-11,14-16H2,1-3H3,(H,25,31). The number of hydrogen-bond acceptors (Lipinski definition) is 5. The van der Waals surface area contributed by atoms with Crippen LogP contribution in [0.4, 0.5) is 5.69 Å². The molecule has 0 aliphatic heterocycles. The molecule has 0 bridgehead atoms. The fourth-order valence-electron chi connectivity index (χ4n) is 4.52. The van der Waals surface area contributed by atoms with E-state index in [1.165, 1.54) is 43.9 Å². The number of carbonyl (C=O) groups excluding carboxylic acids is 1. The third-order valence-corrected chi connectivity index (χ3v) is 7.60. The van der Waals surface area contributed by atoms with Crippen molar-refractivity contribution in [2.45, 2.75) is 57.0 Å². The van der Waals surface area contributed by atoms with E-state index < -0.39 is 0 Å². The molecule has 1 amide bonds. The summed E-state index contributed by atoms with van der Waals surface area (Å²) < 4.78 is 5.29. The minimum Gasteiger partial charge on any atom is -0.319 e. The third kappa shape index (κ3) is 5.24. The van der Waals surface area contributed by atoms with E-state index in [4.69, 9.17) is 0 Å². The number of carbonyl (C=O) groups is 1. The Morgan fingerprint density at radius 2 is 1.85 bits per heavy atom. The van der Waals surface area contributed by atoms with Crippen LogP contribution >= 0.6 is 11.8 Å². The molecule has 1 N–H and O–H groups in total. The van der Waals surface area contributed by atoms with Crippen molar-refractivity contribution in [3.8, 4) is 5.69 Å². The highest BCUT2D eigenvalue weighted by molar-refractivity contribution is 7.99. The summed E-state index contributed by atoms with van der Waals surface area (Å²) in [6, 6.07) is 9.38. The molecule has 2 aromatic heterocycles. The van der Waals surface area contributed by atoms with E-state index in [9.17, 15) is 9.59 Å². The molecule has 0 unspecified atom stereocenters. The lowest BCUT2D eigenvalue weighted by molar-refractivity contribution is -0.113. The molecule has 9 heteroatoms. The smallest absolute Gasteiger partial charge is 0.295 e. The second kappa shape index (κ2) is 10.4. The summed E-state index contributed by atoms with van der Waals surface area (Å²) in [5.41, 5.74) is 1.51. The summed E-state index contributed by atoms with van der Waals surface area (Å²) in [5, 5.41) is 12.1. The van der Waals surface area contributed by atoms with Gasteiger partial charge >= 0.3 is 0 Å². The highest BCUT2D eigenvalue weighted by Crippen LogP contribution is 2.27. The van der Waals surface area contributed by atoms with Gasteiger partial charge in [-0.3, -0.25) is 14.3 Å². The van der Waals surface area contributed by atoms with E-state index in [0.29, 0.717) is 11.4 Å². The number of para-hydroxylation sites is 1. The lowest BCUT2D eigenvalue weighted by Crippen LogP contribution is -2.23. The molecule has 0 saturated heterocycles. The summed E-state index contributed by atoms with van der Waals surface area (Å²) in [4.78, 5) is 25.6. The molecule has 4 rings (SSSR count). The molecule has 1 fully saturated rings. The SMILES string of the molecule is Cc1c(NC(=O)CSc2nnc(CCC3CCCCC3)n2C)c(=O)n(-c2ccccc2)n1C. The molecule has 0 spiro atoms. The number of aromatic nitrogens is 5. The molecule has 176 valence electrons. The molecule has 8 nitrogen and oxygen atoms in total. The fourth-order valence-corrected chi connectivity index (χ4v) is 5.25. The van der Waals surface area contributed by atoms with Crippen molar-refractivity contribution in [3.63, 3.8) is 0 Å². The molecule has 2 heterocycles. The molecular weight excluding hydrogens is 436 g/mol. The average molecular weight is 469 g/mol. The summed E-state index contributed by atoms with van der Waals surface area (Å²) in [6.45, 7) is 1.82. The van der Waals surface area contributed by atoms with Crippen LogP contribution in [-0.2, 0) is 25.3 Å². The summed E-state index contributed by atoms with van der Waals surface area (Å²) >= 11 is 1.34. The molecule has 33 heavy (non-hydrogen) atoms. The van der Waals surface area contributed by atoms with Crippen LogP contribution in [0, 0.1) is 12.8 Å². The van der Waals surface area contributed by atoms with Crippen molar-refractivity contribution in [2.24, 2.45) is 20.0 Å². The van der Waals surface area contributed by atoms with Gasteiger partial charge in [-0.05, 0) is 31.4 Å². The first-order valence-corrected chi connectivity index (χ1v) is 12.6. The Balaban J connectivity index is 1.36. The van der Waals surface area contributed by atoms with Crippen LogP contribution in [0.15, 0.2) is 40.3 Å². The molecule has 0 radical (unpaired) electrons. The Bertz CT molecular complexity index is 1160. The van der Waals surface area contributed by atoms with Gasteiger partial charge in [0.1, 0.15) is 11.5 Å². The topological polar surface area (TPSA) is 86.7 Å². The quantitative estimate of drug-likeness (QED) is 0.508. The number of hydrogen-bond donors (Lipinski definition) is 1. The van der Waals surface area contributed by atoms with Crippen LogP contribution in [0.3, 0.4) is 0 Å². The summed E-state index contributed by atoms with van der Waals surface area (Å²) in [6.07, 6.45) is 8.77. The van der Waals surface area contributed by atoms with Gasteiger partial charge in [-0.2, -0.15) is 0 Å². The van der Waals surface area contributed by atoms with Crippen molar-refractivity contribution >= 4 is 23.4 Å². The zero-order valence-electron chi connectivity index (χ0n) is 19.6. The normalized spacial score (nSPS) is 14.5. The van der Waals surface area contributed by atoms with E-state index in [1.54, 1.807) is 9.36 Å². The lowest BCUT2D eigenvalue weighted by Gasteiger charge is -2.20. The van der Waals surface area contributed by atoms with Crippen molar-refractivity contribution in [1.82, 2.24) is 24.1 Å². The number of rotatable bonds is 8. The maximum Gasteiger partial charge on any atom is 0.295 e. The summed E-state index contributed by atoms with van der Waals surface area (Å²) in [7, 11) is 3.76. The van der Waals surface area contributed by atoms with Crippen LogP contribution in [-0.4, -0.2) is 35.8 Å². The highest BCUT2D eigenvalue weighted by atomic mass is 32.2. The van der Waals surface area contributed by atoms with Gasteiger partial charge in [-0.1, -0.05) is 62.1 Å². The predicted octanol–water partition coefficient (Wildman–Crippen LogP) is 3.86. The van der Waals surface area contributed by atoms with Gasteiger partial charge in [-0.15, -0.1) is 10.2 Å². The minimum atomic E-state index is -0.247. The van der Waals surface area contributed by atoms with Gasteiger partial charge in [0.15, 0.2) is 5.16 Å².